The van der Waals surface area contributed by atoms with Gasteiger partial charge in [-0.05, 0) is 19.3 Å². The van der Waals surface area contributed by atoms with Gasteiger partial charge in [0.15, 0.2) is 0 Å². The smallest absolute Gasteiger partial charge is 0.145 e. The molecule has 1 aliphatic rings. The van der Waals surface area contributed by atoms with E-state index in [0.29, 0.717) is 11.9 Å². The van der Waals surface area contributed by atoms with Gasteiger partial charge < -0.3 is 5.73 Å². The van der Waals surface area contributed by atoms with E-state index in [1.807, 2.05) is 6.07 Å². The van der Waals surface area contributed by atoms with Crippen LogP contribution in [0.3, 0.4) is 0 Å². The van der Waals surface area contributed by atoms with Crippen molar-refractivity contribution in [2.45, 2.75) is 51.5 Å². The number of nitrogen functional groups attached to an aromatic ring is 1. The minimum atomic E-state index is 0.607. The highest BCUT2D eigenvalue weighted by Gasteiger charge is 2.18. The Morgan fingerprint density at radius 1 is 1.43 bits per heavy atom. The Hall–Kier alpha value is -0.990. The second kappa shape index (κ2) is 4.03. The number of aromatic nitrogens is 2. The van der Waals surface area contributed by atoms with Gasteiger partial charge in [0.2, 0.25) is 0 Å². The van der Waals surface area contributed by atoms with Gasteiger partial charge >= 0.3 is 0 Å². The summed E-state index contributed by atoms with van der Waals surface area (Å²) >= 11 is 0. The van der Waals surface area contributed by atoms with Crippen molar-refractivity contribution in [3.05, 3.63) is 11.8 Å². The first-order valence-electron chi connectivity index (χ1n) is 5.65. The molecule has 1 heterocycles. The van der Waals surface area contributed by atoms with E-state index in [2.05, 4.69) is 16.7 Å². The Labute approximate surface area is 85.3 Å². The molecule has 0 spiro atoms. The highest BCUT2D eigenvalue weighted by molar-refractivity contribution is 5.29. The van der Waals surface area contributed by atoms with Gasteiger partial charge in [0.25, 0.3) is 0 Å². The predicted octanol–water partition coefficient (Wildman–Crippen LogP) is 2.53. The highest BCUT2D eigenvalue weighted by Crippen LogP contribution is 2.29. The molecule has 14 heavy (non-hydrogen) atoms. The number of hydrogen-bond donors (Lipinski definition) is 1. The van der Waals surface area contributed by atoms with Crippen molar-refractivity contribution in [3.8, 4) is 0 Å². The summed E-state index contributed by atoms with van der Waals surface area (Å²) in [7, 11) is 0. The maximum atomic E-state index is 5.73. The van der Waals surface area contributed by atoms with Gasteiger partial charge in [0.05, 0.1) is 6.04 Å². The summed E-state index contributed by atoms with van der Waals surface area (Å²) in [5.41, 5.74) is 7.02. The van der Waals surface area contributed by atoms with Crippen LogP contribution in [0.1, 0.15) is 50.8 Å². The standard InChI is InChI=1S/C11H19N3/c1-2-9-8-11(12)13-14(9)10-6-4-3-5-7-10/h8,10H,2-7H2,1H3,(H2,12,13). The number of nitrogens with two attached hydrogens (primary N) is 1. The predicted molar refractivity (Wildman–Crippen MR) is 58.1 cm³/mol. The SMILES string of the molecule is CCc1cc(N)nn1C1CCCCC1. The zero-order valence-corrected chi connectivity index (χ0v) is 8.87. The molecule has 1 aromatic heterocycles. The van der Waals surface area contributed by atoms with Crippen LogP contribution in [0.15, 0.2) is 6.07 Å². The van der Waals surface area contributed by atoms with E-state index in [1.54, 1.807) is 0 Å². The maximum Gasteiger partial charge on any atom is 0.145 e. The Bertz CT molecular complexity index is 297. The lowest BCUT2D eigenvalue weighted by Gasteiger charge is -2.23. The maximum absolute atomic E-state index is 5.73. The van der Waals surface area contributed by atoms with E-state index in [1.165, 1.54) is 37.8 Å². The van der Waals surface area contributed by atoms with Crippen LogP contribution in [0.5, 0.6) is 0 Å². The molecule has 2 rings (SSSR count). The molecule has 0 unspecified atom stereocenters. The van der Waals surface area contributed by atoms with Crippen LogP contribution in [0, 0.1) is 0 Å². The quantitative estimate of drug-likeness (QED) is 0.784. The van der Waals surface area contributed by atoms with Crippen LogP contribution in [-0.2, 0) is 6.42 Å². The first kappa shape index (κ1) is 9.56. The van der Waals surface area contributed by atoms with Gasteiger partial charge in [-0.15, -0.1) is 0 Å². The Kier molecular flexibility index (Phi) is 2.75. The third kappa shape index (κ3) is 1.76. The number of anilines is 1. The topological polar surface area (TPSA) is 43.8 Å². The van der Waals surface area contributed by atoms with Gasteiger partial charge in [0.1, 0.15) is 5.82 Å². The molecule has 1 aliphatic carbocycles. The minimum absolute atomic E-state index is 0.607. The molecule has 3 heteroatoms. The lowest BCUT2D eigenvalue weighted by atomic mass is 9.95. The van der Waals surface area contributed by atoms with Crippen molar-refractivity contribution in [2.24, 2.45) is 0 Å². The van der Waals surface area contributed by atoms with Crippen LogP contribution < -0.4 is 5.73 Å². The molecule has 0 aliphatic heterocycles. The zero-order valence-electron chi connectivity index (χ0n) is 8.87. The monoisotopic (exact) mass is 193 g/mol. The molecule has 0 atom stereocenters. The van der Waals surface area contributed by atoms with Crippen molar-refractivity contribution < 1.29 is 0 Å². The van der Waals surface area contributed by atoms with E-state index in [-0.39, 0.29) is 0 Å². The fourth-order valence-corrected chi connectivity index (χ4v) is 2.36. The third-order valence-corrected chi connectivity index (χ3v) is 3.11. The van der Waals surface area contributed by atoms with Crippen molar-refractivity contribution >= 4 is 5.82 Å². The summed E-state index contributed by atoms with van der Waals surface area (Å²) in [6, 6.07) is 2.62. The van der Waals surface area contributed by atoms with Gasteiger partial charge in [-0.25, -0.2) is 0 Å². The molecule has 0 amide bonds. The lowest BCUT2D eigenvalue weighted by molar-refractivity contribution is 0.323. The molecule has 78 valence electrons. The average molecular weight is 193 g/mol. The molecule has 2 N–H and O–H groups in total. The number of aryl methyl sites for hydroxylation is 1. The summed E-state index contributed by atoms with van der Waals surface area (Å²) in [5.74, 6) is 0.674. The van der Waals surface area contributed by atoms with Crippen LogP contribution in [0.2, 0.25) is 0 Å². The Morgan fingerprint density at radius 2 is 2.14 bits per heavy atom. The van der Waals surface area contributed by atoms with Gasteiger partial charge in [-0.2, -0.15) is 5.10 Å². The normalized spacial score (nSPS) is 18.6. The Morgan fingerprint density at radius 3 is 2.79 bits per heavy atom. The molecule has 1 fully saturated rings. The Balaban J connectivity index is 2.20. The molecule has 0 aromatic carbocycles. The minimum Gasteiger partial charge on any atom is -0.382 e. The zero-order chi connectivity index (χ0) is 9.97. The number of rotatable bonds is 2. The third-order valence-electron chi connectivity index (χ3n) is 3.11. The van der Waals surface area contributed by atoms with Crippen LogP contribution >= 0.6 is 0 Å². The van der Waals surface area contributed by atoms with E-state index in [4.69, 9.17) is 5.73 Å². The average Bonchev–Trinajstić information content (AvgIpc) is 2.61. The molecular weight excluding hydrogens is 174 g/mol. The molecular formula is C11H19N3. The molecule has 0 saturated heterocycles. The summed E-state index contributed by atoms with van der Waals surface area (Å²) < 4.78 is 2.16. The summed E-state index contributed by atoms with van der Waals surface area (Å²) in [6.45, 7) is 2.16. The van der Waals surface area contributed by atoms with Crippen molar-refractivity contribution in [1.82, 2.24) is 9.78 Å². The molecule has 0 bridgehead atoms. The van der Waals surface area contributed by atoms with Crippen molar-refractivity contribution in [3.63, 3.8) is 0 Å². The summed E-state index contributed by atoms with van der Waals surface area (Å²) in [5, 5.41) is 4.40. The van der Waals surface area contributed by atoms with Gasteiger partial charge in [-0.3, -0.25) is 4.68 Å². The van der Waals surface area contributed by atoms with Crippen molar-refractivity contribution in [2.75, 3.05) is 5.73 Å². The van der Waals surface area contributed by atoms with Gasteiger partial charge in [0, 0.05) is 11.8 Å². The second-order valence-electron chi connectivity index (χ2n) is 4.15. The van der Waals surface area contributed by atoms with Crippen molar-refractivity contribution in [1.29, 1.82) is 0 Å². The van der Waals surface area contributed by atoms with Gasteiger partial charge in [-0.1, -0.05) is 26.2 Å². The van der Waals surface area contributed by atoms with E-state index in [0.717, 1.165) is 6.42 Å². The van der Waals surface area contributed by atoms with E-state index in [9.17, 15) is 0 Å². The summed E-state index contributed by atoms with van der Waals surface area (Å²) in [4.78, 5) is 0. The van der Waals surface area contributed by atoms with Crippen LogP contribution in [0.25, 0.3) is 0 Å². The fourth-order valence-electron chi connectivity index (χ4n) is 2.36. The fraction of sp³-hybridized carbons (Fsp3) is 0.727. The van der Waals surface area contributed by atoms with Crippen LogP contribution in [-0.4, -0.2) is 9.78 Å². The number of hydrogen-bond acceptors (Lipinski definition) is 2. The molecule has 1 aromatic rings. The molecule has 1 saturated carbocycles. The van der Waals surface area contributed by atoms with Crippen LogP contribution in [0.4, 0.5) is 5.82 Å². The molecule has 3 nitrogen and oxygen atoms in total. The highest BCUT2D eigenvalue weighted by atomic mass is 15.3. The first-order chi connectivity index (χ1) is 6.81. The second-order valence-corrected chi connectivity index (χ2v) is 4.15. The van der Waals surface area contributed by atoms with E-state index >= 15 is 0 Å². The number of nitrogens with zero attached hydrogens (tertiary/aromatic N) is 2. The largest absolute Gasteiger partial charge is 0.382 e. The summed E-state index contributed by atoms with van der Waals surface area (Å²) in [6.07, 6.45) is 7.64. The van der Waals surface area contributed by atoms with E-state index < -0.39 is 0 Å². The lowest BCUT2D eigenvalue weighted by Crippen LogP contribution is -2.16. The first-order valence-corrected chi connectivity index (χ1v) is 5.65. The molecule has 0 radical (unpaired) electrons.